The molecular weight excluding hydrogens is 390 g/mol. The van der Waals surface area contributed by atoms with Gasteiger partial charge in [0.25, 0.3) is 0 Å². The number of benzene rings is 3. The second-order valence-corrected chi connectivity index (χ2v) is 8.24. The molecule has 4 rings (SSSR count). The number of rotatable bonds is 6. The highest BCUT2D eigenvalue weighted by atomic mass is 16.6. The molecule has 0 atom stereocenters. The summed E-state index contributed by atoms with van der Waals surface area (Å²) in [5.41, 5.74) is 3.94. The monoisotopic (exact) mass is 415 g/mol. The molecular formula is C26H25NO4. The molecule has 0 heterocycles. The van der Waals surface area contributed by atoms with Crippen molar-refractivity contribution >= 4 is 12.1 Å². The van der Waals surface area contributed by atoms with Crippen LogP contribution in [0.4, 0.5) is 4.79 Å². The molecule has 3 aromatic rings. The minimum absolute atomic E-state index is 0.0807. The summed E-state index contributed by atoms with van der Waals surface area (Å²) < 4.78 is 5.73. The minimum Gasteiger partial charge on any atom is -0.480 e. The van der Waals surface area contributed by atoms with E-state index in [2.05, 4.69) is 24.3 Å². The molecule has 1 aliphatic rings. The molecule has 31 heavy (non-hydrogen) atoms. The van der Waals surface area contributed by atoms with E-state index in [0.717, 1.165) is 27.8 Å². The first-order valence-electron chi connectivity index (χ1n) is 10.3. The molecule has 0 aromatic heterocycles. The Morgan fingerprint density at radius 3 is 1.94 bits per heavy atom. The number of amides is 1. The lowest BCUT2D eigenvalue weighted by Crippen LogP contribution is -2.52. The Morgan fingerprint density at radius 2 is 1.39 bits per heavy atom. The average molecular weight is 415 g/mol. The molecule has 0 spiro atoms. The molecule has 0 bridgehead atoms. The number of carbonyl (C=O) groups excluding carboxylic acids is 1. The summed E-state index contributed by atoms with van der Waals surface area (Å²) in [6.45, 7) is 3.32. The number of fused-ring (bicyclic) bond motifs is 3. The molecule has 0 aliphatic heterocycles. The maximum Gasteiger partial charge on any atom is 0.411 e. The zero-order valence-electron chi connectivity index (χ0n) is 17.6. The van der Waals surface area contributed by atoms with Gasteiger partial charge in [0.2, 0.25) is 0 Å². The van der Waals surface area contributed by atoms with Crippen LogP contribution < -0.4 is 0 Å². The fraction of sp³-hybridized carbons (Fsp3) is 0.231. The van der Waals surface area contributed by atoms with Gasteiger partial charge in [-0.1, -0.05) is 78.9 Å². The number of aliphatic carboxylic acids is 1. The third-order valence-corrected chi connectivity index (χ3v) is 5.94. The van der Waals surface area contributed by atoms with E-state index in [1.807, 2.05) is 54.6 Å². The van der Waals surface area contributed by atoms with Crippen molar-refractivity contribution in [1.29, 1.82) is 0 Å². The summed E-state index contributed by atoms with van der Waals surface area (Å²) in [4.78, 5) is 26.3. The highest BCUT2D eigenvalue weighted by molar-refractivity contribution is 5.84. The molecule has 0 saturated heterocycles. The van der Waals surface area contributed by atoms with Crippen LogP contribution in [0, 0.1) is 0 Å². The van der Waals surface area contributed by atoms with E-state index < -0.39 is 17.6 Å². The molecule has 1 aliphatic carbocycles. The van der Waals surface area contributed by atoms with Gasteiger partial charge in [0.1, 0.15) is 12.1 Å². The Hall–Kier alpha value is -3.60. The summed E-state index contributed by atoms with van der Waals surface area (Å²) in [7, 11) is 0. The van der Waals surface area contributed by atoms with E-state index in [1.54, 1.807) is 0 Å². The number of hydrogen-bond acceptors (Lipinski definition) is 3. The highest BCUT2D eigenvalue weighted by Gasteiger charge is 2.39. The first kappa shape index (κ1) is 20.7. The van der Waals surface area contributed by atoms with Gasteiger partial charge in [-0.15, -0.1) is 0 Å². The van der Waals surface area contributed by atoms with E-state index in [0.29, 0.717) is 0 Å². The molecule has 0 saturated carbocycles. The number of nitrogens with zero attached hydrogens (tertiary/aromatic N) is 1. The Labute approximate surface area is 181 Å². The van der Waals surface area contributed by atoms with Crippen LogP contribution in [-0.4, -0.2) is 34.2 Å². The van der Waals surface area contributed by atoms with Crippen LogP contribution in [0.1, 0.15) is 36.5 Å². The molecule has 3 aromatic carbocycles. The summed E-state index contributed by atoms with van der Waals surface area (Å²) in [5.74, 6) is -1.17. The van der Waals surface area contributed by atoms with Gasteiger partial charge < -0.3 is 9.84 Å². The van der Waals surface area contributed by atoms with Gasteiger partial charge in [0, 0.05) is 5.92 Å². The lowest BCUT2D eigenvalue weighted by molar-refractivity contribution is -0.148. The van der Waals surface area contributed by atoms with Crippen LogP contribution in [0.3, 0.4) is 0 Å². The van der Waals surface area contributed by atoms with Gasteiger partial charge in [0.15, 0.2) is 0 Å². The van der Waals surface area contributed by atoms with Crippen molar-refractivity contribution in [3.8, 4) is 11.1 Å². The zero-order valence-corrected chi connectivity index (χ0v) is 17.6. The van der Waals surface area contributed by atoms with E-state index in [4.69, 9.17) is 4.74 Å². The second-order valence-electron chi connectivity index (χ2n) is 8.24. The predicted molar refractivity (Wildman–Crippen MR) is 119 cm³/mol. The molecule has 0 unspecified atom stereocenters. The Morgan fingerprint density at radius 1 is 0.871 bits per heavy atom. The second kappa shape index (κ2) is 8.26. The number of hydrogen-bond donors (Lipinski definition) is 1. The predicted octanol–water partition coefficient (Wildman–Crippen LogP) is 5.30. The topological polar surface area (TPSA) is 66.8 Å². The molecule has 1 amide bonds. The standard InChI is InChI=1S/C26H25NO4/c1-26(2,24(28)29)27(16-18-10-4-3-5-11-18)25(30)31-17-23-21-14-8-6-12-19(21)20-13-7-9-15-22(20)23/h3-15,23H,16-17H2,1-2H3,(H,28,29). The third-order valence-electron chi connectivity index (χ3n) is 5.94. The summed E-state index contributed by atoms with van der Waals surface area (Å²) in [5, 5.41) is 9.73. The van der Waals surface area contributed by atoms with Crippen molar-refractivity contribution in [3.05, 3.63) is 95.6 Å². The molecule has 5 heteroatoms. The van der Waals surface area contributed by atoms with Crippen molar-refractivity contribution in [3.63, 3.8) is 0 Å². The van der Waals surface area contributed by atoms with Crippen molar-refractivity contribution in [1.82, 2.24) is 4.90 Å². The van der Waals surface area contributed by atoms with E-state index >= 15 is 0 Å². The van der Waals surface area contributed by atoms with Crippen LogP contribution >= 0.6 is 0 Å². The molecule has 0 fully saturated rings. The first-order valence-corrected chi connectivity index (χ1v) is 10.3. The largest absolute Gasteiger partial charge is 0.480 e. The SMILES string of the molecule is CC(C)(C(=O)O)N(Cc1ccccc1)C(=O)OCC1c2ccccc2-c2ccccc21. The normalized spacial score (nSPS) is 12.7. The van der Waals surface area contributed by atoms with E-state index in [9.17, 15) is 14.7 Å². The zero-order chi connectivity index (χ0) is 22.0. The van der Waals surface area contributed by atoms with Crippen LogP contribution in [-0.2, 0) is 16.1 Å². The van der Waals surface area contributed by atoms with Gasteiger partial charge in [-0.05, 0) is 41.7 Å². The lowest BCUT2D eigenvalue weighted by Gasteiger charge is -2.34. The molecule has 158 valence electrons. The minimum atomic E-state index is -1.42. The van der Waals surface area contributed by atoms with E-state index in [1.165, 1.54) is 18.7 Å². The quantitative estimate of drug-likeness (QED) is 0.593. The van der Waals surface area contributed by atoms with Crippen LogP contribution in [0.5, 0.6) is 0 Å². The molecule has 1 N–H and O–H groups in total. The van der Waals surface area contributed by atoms with Crippen molar-refractivity contribution in [2.75, 3.05) is 6.61 Å². The maximum atomic E-state index is 13.1. The van der Waals surface area contributed by atoms with Crippen molar-refractivity contribution in [2.45, 2.75) is 31.8 Å². The summed E-state index contributed by atoms with van der Waals surface area (Å²) in [6.07, 6.45) is -0.641. The highest BCUT2D eigenvalue weighted by Crippen LogP contribution is 2.44. The molecule has 0 radical (unpaired) electrons. The molecule has 5 nitrogen and oxygen atoms in total. The van der Waals surface area contributed by atoms with Crippen LogP contribution in [0.2, 0.25) is 0 Å². The Balaban J connectivity index is 1.58. The smallest absolute Gasteiger partial charge is 0.411 e. The van der Waals surface area contributed by atoms with Crippen molar-refractivity contribution in [2.24, 2.45) is 0 Å². The fourth-order valence-corrected chi connectivity index (χ4v) is 4.04. The van der Waals surface area contributed by atoms with Gasteiger partial charge in [-0.2, -0.15) is 0 Å². The number of carboxylic acids is 1. The number of ether oxygens (including phenoxy) is 1. The van der Waals surface area contributed by atoms with Crippen LogP contribution in [0.25, 0.3) is 11.1 Å². The lowest BCUT2D eigenvalue weighted by atomic mass is 9.98. The van der Waals surface area contributed by atoms with Gasteiger partial charge in [-0.3, -0.25) is 4.90 Å². The number of carboxylic acid groups (broad SMARTS) is 1. The Kier molecular flexibility index (Phi) is 5.51. The third kappa shape index (κ3) is 3.91. The fourth-order valence-electron chi connectivity index (χ4n) is 4.04. The van der Waals surface area contributed by atoms with Crippen molar-refractivity contribution < 1.29 is 19.4 Å². The van der Waals surface area contributed by atoms with Gasteiger partial charge in [0.05, 0.1) is 6.54 Å². The first-order chi connectivity index (χ1) is 14.9. The van der Waals surface area contributed by atoms with Gasteiger partial charge in [-0.25, -0.2) is 9.59 Å². The summed E-state index contributed by atoms with van der Waals surface area (Å²) in [6, 6.07) is 25.5. The van der Waals surface area contributed by atoms with E-state index in [-0.39, 0.29) is 19.1 Å². The number of carbonyl (C=O) groups is 2. The average Bonchev–Trinajstić information content (AvgIpc) is 3.10. The van der Waals surface area contributed by atoms with Gasteiger partial charge >= 0.3 is 12.1 Å². The Bertz CT molecular complexity index is 1060. The summed E-state index contributed by atoms with van der Waals surface area (Å²) >= 11 is 0. The maximum absolute atomic E-state index is 13.1. The van der Waals surface area contributed by atoms with Crippen LogP contribution in [0.15, 0.2) is 78.9 Å².